The van der Waals surface area contributed by atoms with Crippen LogP contribution in [0.4, 0.5) is 14.5 Å². The molecule has 1 atom stereocenters. The van der Waals surface area contributed by atoms with Gasteiger partial charge < -0.3 is 19.7 Å². The Hall–Kier alpha value is -2.42. The van der Waals surface area contributed by atoms with Crippen molar-refractivity contribution in [3.05, 3.63) is 18.2 Å². The first kappa shape index (κ1) is 21.3. The number of hydrogen-bond acceptors (Lipinski definition) is 5. The number of benzene rings is 1. The van der Waals surface area contributed by atoms with Gasteiger partial charge in [-0.25, -0.2) is 8.78 Å². The normalized spacial score (nSPS) is 20.9. The molecule has 0 spiro atoms. The molecule has 2 amide bonds. The zero-order valence-corrected chi connectivity index (χ0v) is 16.7. The fourth-order valence-corrected chi connectivity index (χ4v) is 3.90. The first-order valence-corrected chi connectivity index (χ1v) is 9.74. The van der Waals surface area contributed by atoms with Crippen LogP contribution in [0.2, 0.25) is 0 Å². The second-order valence-corrected chi connectivity index (χ2v) is 7.42. The average molecular weight is 411 g/mol. The van der Waals surface area contributed by atoms with Crippen molar-refractivity contribution in [3.63, 3.8) is 0 Å². The molecule has 1 aromatic rings. The van der Waals surface area contributed by atoms with E-state index in [-0.39, 0.29) is 30.8 Å². The Morgan fingerprint density at radius 2 is 1.90 bits per heavy atom. The Kier molecular flexibility index (Phi) is 6.89. The second-order valence-electron chi connectivity index (χ2n) is 7.42. The quantitative estimate of drug-likeness (QED) is 0.742. The van der Waals surface area contributed by atoms with Gasteiger partial charge in [0.25, 0.3) is 6.43 Å². The molecule has 0 saturated carbocycles. The summed E-state index contributed by atoms with van der Waals surface area (Å²) >= 11 is 0. The van der Waals surface area contributed by atoms with E-state index in [1.165, 1.54) is 14.2 Å². The zero-order chi connectivity index (χ0) is 21.0. The van der Waals surface area contributed by atoms with Gasteiger partial charge in [-0.15, -0.1) is 0 Å². The Bertz CT molecular complexity index is 738. The van der Waals surface area contributed by atoms with Gasteiger partial charge in [-0.2, -0.15) is 0 Å². The summed E-state index contributed by atoms with van der Waals surface area (Å²) in [5.41, 5.74) is 0.656. The number of amides is 2. The molecule has 7 nitrogen and oxygen atoms in total. The molecule has 9 heteroatoms. The maximum Gasteiger partial charge on any atom is 0.251 e. The van der Waals surface area contributed by atoms with Crippen LogP contribution in [0.1, 0.15) is 19.3 Å². The van der Waals surface area contributed by atoms with Crippen molar-refractivity contribution < 1.29 is 27.8 Å². The summed E-state index contributed by atoms with van der Waals surface area (Å²) in [6.45, 7) is 1.15. The van der Waals surface area contributed by atoms with Crippen molar-refractivity contribution in [2.75, 3.05) is 45.3 Å². The van der Waals surface area contributed by atoms with E-state index < -0.39 is 12.3 Å². The van der Waals surface area contributed by atoms with Gasteiger partial charge in [0.05, 0.1) is 26.7 Å². The molecule has 0 radical (unpaired) electrons. The minimum absolute atomic E-state index is 0.0401. The number of carbonyl (C=O) groups is 2. The number of carbonyl (C=O) groups excluding carboxylic acids is 2. The van der Waals surface area contributed by atoms with Gasteiger partial charge in [-0.05, 0) is 25.0 Å². The summed E-state index contributed by atoms with van der Waals surface area (Å²) < 4.78 is 35.4. The van der Waals surface area contributed by atoms with Crippen molar-refractivity contribution in [1.82, 2.24) is 10.2 Å². The number of ether oxygens (including phenoxy) is 2. The highest BCUT2D eigenvalue weighted by atomic mass is 19.3. The van der Waals surface area contributed by atoms with E-state index in [4.69, 9.17) is 9.47 Å². The first-order chi connectivity index (χ1) is 13.9. The van der Waals surface area contributed by atoms with Crippen LogP contribution in [0.3, 0.4) is 0 Å². The van der Waals surface area contributed by atoms with E-state index in [0.717, 1.165) is 0 Å². The Balaban J connectivity index is 1.55. The van der Waals surface area contributed by atoms with Crippen LogP contribution < -0.4 is 19.7 Å². The molecule has 3 rings (SSSR count). The Morgan fingerprint density at radius 1 is 1.21 bits per heavy atom. The molecule has 1 aromatic carbocycles. The third-order valence-electron chi connectivity index (χ3n) is 5.50. The third-order valence-corrected chi connectivity index (χ3v) is 5.50. The number of likely N-dealkylation sites (tertiary alicyclic amines) is 1. The van der Waals surface area contributed by atoms with Gasteiger partial charge in [0, 0.05) is 43.9 Å². The van der Waals surface area contributed by atoms with E-state index in [1.54, 1.807) is 28.0 Å². The van der Waals surface area contributed by atoms with Gasteiger partial charge in [0.1, 0.15) is 0 Å². The summed E-state index contributed by atoms with van der Waals surface area (Å²) in [4.78, 5) is 28.4. The van der Waals surface area contributed by atoms with E-state index in [2.05, 4.69) is 5.32 Å². The molecule has 1 unspecified atom stereocenters. The Labute approximate surface area is 168 Å². The lowest BCUT2D eigenvalue weighted by Gasteiger charge is -2.32. The highest BCUT2D eigenvalue weighted by molar-refractivity contribution is 6.00. The minimum Gasteiger partial charge on any atom is -0.493 e. The van der Waals surface area contributed by atoms with Crippen molar-refractivity contribution in [2.24, 2.45) is 5.92 Å². The van der Waals surface area contributed by atoms with Crippen LogP contribution in [0, 0.1) is 5.92 Å². The number of nitrogens with one attached hydrogen (secondary N) is 1. The van der Waals surface area contributed by atoms with Crippen LogP contribution >= 0.6 is 0 Å². The highest BCUT2D eigenvalue weighted by Crippen LogP contribution is 2.34. The van der Waals surface area contributed by atoms with Crippen LogP contribution in [0.25, 0.3) is 0 Å². The number of methoxy groups -OCH3 is 2. The highest BCUT2D eigenvalue weighted by Gasteiger charge is 2.36. The number of nitrogens with zero attached hydrogens (tertiary/aromatic N) is 2. The Morgan fingerprint density at radius 3 is 2.52 bits per heavy atom. The molecule has 0 aromatic heterocycles. The maximum atomic E-state index is 12.7. The van der Waals surface area contributed by atoms with Crippen LogP contribution in [0.5, 0.6) is 11.5 Å². The number of alkyl halides is 2. The number of anilines is 1. The zero-order valence-electron chi connectivity index (χ0n) is 16.7. The predicted octanol–water partition coefficient (Wildman–Crippen LogP) is 1.90. The van der Waals surface area contributed by atoms with Gasteiger partial charge in [-0.3, -0.25) is 14.5 Å². The van der Waals surface area contributed by atoms with E-state index in [0.29, 0.717) is 49.7 Å². The fourth-order valence-electron chi connectivity index (χ4n) is 3.90. The molecule has 0 aliphatic carbocycles. The lowest BCUT2D eigenvalue weighted by atomic mass is 10.0. The maximum absolute atomic E-state index is 12.7. The topological polar surface area (TPSA) is 71.1 Å². The van der Waals surface area contributed by atoms with Crippen molar-refractivity contribution in [3.8, 4) is 11.5 Å². The summed E-state index contributed by atoms with van der Waals surface area (Å²) in [5, 5.41) is 2.99. The molecule has 1 N–H and O–H groups in total. The van der Waals surface area contributed by atoms with Gasteiger partial charge in [0.2, 0.25) is 11.8 Å². The lowest BCUT2D eigenvalue weighted by molar-refractivity contribution is -0.127. The number of halogens is 2. The van der Waals surface area contributed by atoms with E-state index in [1.807, 2.05) is 0 Å². The number of piperidine rings is 1. The molecule has 2 saturated heterocycles. The molecular weight excluding hydrogens is 384 g/mol. The summed E-state index contributed by atoms with van der Waals surface area (Å²) in [6, 6.07) is 5.16. The molecule has 2 aliphatic rings. The minimum atomic E-state index is -2.34. The average Bonchev–Trinajstić information content (AvgIpc) is 3.10. The molecule has 0 bridgehead atoms. The third kappa shape index (κ3) is 5.14. The van der Waals surface area contributed by atoms with Crippen LogP contribution in [-0.4, -0.2) is 69.6 Å². The standard InChI is InChI=1S/C20H27F2N3O4/c1-28-16-4-3-15(10-17(16)29-2)25-11-13(9-19(25)26)20(27)23-14-5-7-24(8-6-14)12-18(21)22/h3-4,10,13-14,18H,5-9,11-12H2,1-2H3,(H,23,27). The summed E-state index contributed by atoms with van der Waals surface area (Å²) in [7, 11) is 3.06. The van der Waals surface area contributed by atoms with E-state index in [9.17, 15) is 18.4 Å². The van der Waals surface area contributed by atoms with Gasteiger partial charge in [0.15, 0.2) is 11.5 Å². The van der Waals surface area contributed by atoms with Crippen molar-refractivity contribution >= 4 is 17.5 Å². The van der Waals surface area contributed by atoms with E-state index >= 15 is 0 Å². The first-order valence-electron chi connectivity index (χ1n) is 9.74. The monoisotopic (exact) mass is 411 g/mol. The predicted molar refractivity (Wildman–Crippen MR) is 104 cm³/mol. The smallest absolute Gasteiger partial charge is 0.251 e. The van der Waals surface area contributed by atoms with Gasteiger partial charge in [-0.1, -0.05) is 0 Å². The van der Waals surface area contributed by atoms with Crippen LogP contribution in [-0.2, 0) is 9.59 Å². The molecule has 160 valence electrons. The SMILES string of the molecule is COc1ccc(N2CC(C(=O)NC3CCN(CC(F)F)CC3)CC2=O)cc1OC. The number of hydrogen-bond donors (Lipinski definition) is 1. The molecule has 2 aliphatic heterocycles. The van der Waals surface area contributed by atoms with Crippen molar-refractivity contribution in [1.29, 1.82) is 0 Å². The second kappa shape index (κ2) is 9.39. The molecule has 2 fully saturated rings. The molecule has 2 heterocycles. The van der Waals surface area contributed by atoms with Crippen molar-refractivity contribution in [2.45, 2.75) is 31.7 Å². The molecular formula is C20H27F2N3O4. The summed E-state index contributed by atoms with van der Waals surface area (Å²) in [5.74, 6) is 0.365. The lowest BCUT2D eigenvalue weighted by Crippen LogP contribution is -2.47. The van der Waals surface area contributed by atoms with Gasteiger partial charge >= 0.3 is 0 Å². The van der Waals surface area contributed by atoms with Crippen LogP contribution in [0.15, 0.2) is 18.2 Å². The largest absolute Gasteiger partial charge is 0.493 e. The summed E-state index contributed by atoms with van der Waals surface area (Å²) in [6.07, 6.45) is -0.922. The number of rotatable bonds is 7. The molecule has 29 heavy (non-hydrogen) atoms. The fraction of sp³-hybridized carbons (Fsp3) is 0.600.